The Bertz CT molecular complexity index is 869. The minimum Gasteiger partial charge on any atom is -0.389 e. The third kappa shape index (κ3) is 3.47. The van der Waals surface area contributed by atoms with Crippen LogP contribution >= 0.6 is 31.9 Å². The minimum absolute atomic E-state index is 0.224. The number of aliphatic hydroxyl groups is 1. The molecule has 1 saturated carbocycles. The molecule has 0 saturated heterocycles. The molecule has 2 unspecified atom stereocenters. The molecule has 1 heterocycles. The number of aliphatic hydroxyl groups excluding tert-OH is 1. The molecule has 0 radical (unpaired) electrons. The van der Waals surface area contributed by atoms with Gasteiger partial charge in [-0.3, -0.25) is 0 Å². The van der Waals surface area contributed by atoms with Crippen LogP contribution in [0.15, 0.2) is 45.3 Å². The van der Waals surface area contributed by atoms with Gasteiger partial charge in [0.25, 0.3) is 0 Å². The van der Waals surface area contributed by atoms with E-state index in [1.165, 1.54) is 19.3 Å². The van der Waals surface area contributed by atoms with Gasteiger partial charge < -0.3 is 14.4 Å². The molecule has 1 aromatic heterocycles. The molecule has 2 atom stereocenters. The van der Waals surface area contributed by atoms with Crippen molar-refractivity contribution in [3.63, 3.8) is 0 Å². The molecule has 1 N–H and O–H groups in total. The molecule has 2 aromatic carbocycles. The fourth-order valence-electron chi connectivity index (χ4n) is 4.06. The SMILES string of the molecule is CC(O)C(OC1CCCCC1)n1c2ccc(Br)cc2c2cc(Br)ccc21. The summed E-state index contributed by atoms with van der Waals surface area (Å²) in [7, 11) is 0. The Balaban J connectivity index is 1.88. The molecule has 138 valence electrons. The predicted octanol–water partition coefficient (Wildman–Crippen LogP) is 6.55. The molecular formula is C21H23Br2NO2. The van der Waals surface area contributed by atoms with E-state index in [0.717, 1.165) is 43.6 Å². The summed E-state index contributed by atoms with van der Waals surface area (Å²) in [6.45, 7) is 1.82. The Morgan fingerprint density at radius 2 is 1.50 bits per heavy atom. The maximum atomic E-state index is 10.6. The highest BCUT2D eigenvalue weighted by Gasteiger charge is 2.27. The van der Waals surface area contributed by atoms with Crippen molar-refractivity contribution in [3.8, 4) is 0 Å². The maximum absolute atomic E-state index is 10.6. The number of ether oxygens (including phenoxy) is 1. The molecule has 1 fully saturated rings. The van der Waals surface area contributed by atoms with Crippen molar-refractivity contribution in [1.82, 2.24) is 4.57 Å². The van der Waals surface area contributed by atoms with Crippen LogP contribution in [0.1, 0.15) is 45.3 Å². The van der Waals surface area contributed by atoms with Gasteiger partial charge in [-0.05, 0) is 56.2 Å². The Morgan fingerprint density at radius 1 is 0.962 bits per heavy atom. The van der Waals surface area contributed by atoms with E-state index >= 15 is 0 Å². The van der Waals surface area contributed by atoms with E-state index in [1.54, 1.807) is 0 Å². The van der Waals surface area contributed by atoms with Gasteiger partial charge in [0, 0.05) is 19.7 Å². The number of hydrogen-bond acceptors (Lipinski definition) is 2. The molecule has 1 aliphatic rings. The number of hydrogen-bond donors (Lipinski definition) is 1. The normalized spacial score (nSPS) is 18.5. The summed E-state index contributed by atoms with van der Waals surface area (Å²) in [6, 6.07) is 12.6. The summed E-state index contributed by atoms with van der Waals surface area (Å²) in [5.41, 5.74) is 2.17. The van der Waals surface area contributed by atoms with E-state index in [9.17, 15) is 5.11 Å². The van der Waals surface area contributed by atoms with Crippen molar-refractivity contribution in [2.45, 2.75) is 57.5 Å². The summed E-state index contributed by atoms with van der Waals surface area (Å²) in [6.07, 6.45) is 5.12. The quantitative estimate of drug-likeness (QED) is 0.459. The largest absolute Gasteiger partial charge is 0.389 e. The van der Waals surface area contributed by atoms with E-state index in [4.69, 9.17) is 4.74 Å². The predicted molar refractivity (Wildman–Crippen MR) is 114 cm³/mol. The van der Waals surface area contributed by atoms with Gasteiger partial charge in [-0.15, -0.1) is 0 Å². The van der Waals surface area contributed by atoms with Gasteiger partial charge in [0.05, 0.1) is 23.2 Å². The maximum Gasteiger partial charge on any atom is 0.160 e. The highest BCUT2D eigenvalue weighted by molar-refractivity contribution is 9.10. The first-order chi connectivity index (χ1) is 12.5. The van der Waals surface area contributed by atoms with E-state index < -0.39 is 6.10 Å². The van der Waals surface area contributed by atoms with Crippen LogP contribution in [0.5, 0.6) is 0 Å². The van der Waals surface area contributed by atoms with Crippen molar-refractivity contribution in [2.24, 2.45) is 0 Å². The topological polar surface area (TPSA) is 34.4 Å². The van der Waals surface area contributed by atoms with Crippen molar-refractivity contribution in [3.05, 3.63) is 45.3 Å². The van der Waals surface area contributed by atoms with Crippen LogP contribution in [-0.2, 0) is 4.74 Å². The molecule has 0 amide bonds. The van der Waals surface area contributed by atoms with E-state index in [0.29, 0.717) is 0 Å². The summed E-state index contributed by atoms with van der Waals surface area (Å²) in [5.74, 6) is 0. The number of halogens is 2. The highest BCUT2D eigenvalue weighted by atomic mass is 79.9. The van der Waals surface area contributed by atoms with Crippen LogP contribution in [0, 0.1) is 0 Å². The average molecular weight is 481 g/mol. The molecule has 26 heavy (non-hydrogen) atoms. The van der Waals surface area contributed by atoms with Gasteiger partial charge >= 0.3 is 0 Å². The van der Waals surface area contributed by atoms with E-state index in [-0.39, 0.29) is 12.3 Å². The number of nitrogens with zero attached hydrogens (tertiary/aromatic N) is 1. The third-order valence-corrected chi connectivity index (χ3v) is 6.26. The van der Waals surface area contributed by atoms with E-state index in [2.05, 4.69) is 60.7 Å². The Labute approximate surface area is 170 Å². The zero-order valence-corrected chi connectivity index (χ0v) is 18.0. The standard InChI is InChI=1S/C21H23Br2NO2/c1-13(25)21(26-16-5-3-2-4-6-16)24-19-9-7-14(22)11-17(19)18-12-15(23)8-10-20(18)24/h7-13,16,21,25H,2-6H2,1H3. The Hall–Kier alpha value is -0.880. The third-order valence-electron chi connectivity index (χ3n) is 5.28. The molecule has 1 aliphatic carbocycles. The lowest BCUT2D eigenvalue weighted by atomic mass is 9.98. The summed E-state index contributed by atoms with van der Waals surface area (Å²) in [4.78, 5) is 0. The first-order valence-electron chi connectivity index (χ1n) is 9.27. The van der Waals surface area contributed by atoms with Gasteiger partial charge in [-0.25, -0.2) is 0 Å². The molecule has 4 rings (SSSR count). The molecular weight excluding hydrogens is 458 g/mol. The Kier molecular flexibility index (Phi) is 5.42. The molecule has 0 aliphatic heterocycles. The van der Waals surface area contributed by atoms with Crippen LogP contribution < -0.4 is 0 Å². The van der Waals surface area contributed by atoms with Gasteiger partial charge in [0.1, 0.15) is 0 Å². The van der Waals surface area contributed by atoms with Crippen molar-refractivity contribution in [1.29, 1.82) is 0 Å². The van der Waals surface area contributed by atoms with Gasteiger partial charge in [-0.2, -0.15) is 0 Å². The minimum atomic E-state index is -0.594. The Morgan fingerprint density at radius 3 is 2.00 bits per heavy atom. The zero-order chi connectivity index (χ0) is 18.3. The van der Waals surface area contributed by atoms with Crippen molar-refractivity contribution < 1.29 is 9.84 Å². The first kappa shape index (κ1) is 18.5. The summed E-state index contributed by atoms with van der Waals surface area (Å²) in [5, 5.41) is 12.9. The smallest absolute Gasteiger partial charge is 0.160 e. The second kappa shape index (κ2) is 7.63. The second-order valence-electron chi connectivity index (χ2n) is 7.22. The fraction of sp³-hybridized carbons (Fsp3) is 0.429. The number of fused-ring (bicyclic) bond motifs is 3. The van der Waals surface area contributed by atoms with Gasteiger partial charge in [0.2, 0.25) is 0 Å². The molecule has 0 bridgehead atoms. The lowest BCUT2D eigenvalue weighted by Crippen LogP contribution is -2.30. The van der Waals surface area contributed by atoms with Crippen LogP contribution in [0.4, 0.5) is 0 Å². The molecule has 5 heteroatoms. The van der Waals surface area contributed by atoms with Crippen LogP contribution in [0.25, 0.3) is 21.8 Å². The average Bonchev–Trinajstić information content (AvgIpc) is 2.93. The molecule has 0 spiro atoms. The van der Waals surface area contributed by atoms with Crippen LogP contribution in [-0.4, -0.2) is 21.9 Å². The lowest BCUT2D eigenvalue weighted by molar-refractivity contribution is -0.116. The van der Waals surface area contributed by atoms with E-state index in [1.807, 2.05) is 19.1 Å². The van der Waals surface area contributed by atoms with Crippen LogP contribution in [0.2, 0.25) is 0 Å². The number of benzene rings is 2. The van der Waals surface area contributed by atoms with Crippen molar-refractivity contribution >= 4 is 53.7 Å². The van der Waals surface area contributed by atoms with Gasteiger partial charge in [0.15, 0.2) is 6.23 Å². The lowest BCUT2D eigenvalue weighted by Gasteiger charge is -2.31. The van der Waals surface area contributed by atoms with Crippen LogP contribution in [0.3, 0.4) is 0 Å². The number of aromatic nitrogens is 1. The number of rotatable bonds is 4. The van der Waals surface area contributed by atoms with Crippen molar-refractivity contribution in [2.75, 3.05) is 0 Å². The summed E-state index contributed by atoms with van der Waals surface area (Å²) < 4.78 is 10.7. The molecule has 3 nitrogen and oxygen atoms in total. The fourth-order valence-corrected chi connectivity index (χ4v) is 4.78. The molecule has 3 aromatic rings. The summed E-state index contributed by atoms with van der Waals surface area (Å²) >= 11 is 7.18. The zero-order valence-electron chi connectivity index (χ0n) is 14.8. The van der Waals surface area contributed by atoms with Gasteiger partial charge in [-0.1, -0.05) is 51.1 Å². The highest BCUT2D eigenvalue weighted by Crippen LogP contribution is 2.37. The monoisotopic (exact) mass is 479 g/mol. The first-order valence-corrected chi connectivity index (χ1v) is 10.9. The second-order valence-corrected chi connectivity index (χ2v) is 9.05.